The van der Waals surface area contributed by atoms with Crippen LogP contribution >= 0.6 is 0 Å². The van der Waals surface area contributed by atoms with Gasteiger partial charge in [0, 0.05) is 29.3 Å². The largest absolute Gasteiger partial charge is 0.459 e. The van der Waals surface area contributed by atoms with E-state index in [0.717, 1.165) is 49.9 Å². The summed E-state index contributed by atoms with van der Waals surface area (Å²) >= 11 is 0. The molecule has 3 aliphatic rings. The minimum Gasteiger partial charge on any atom is -0.459 e. The highest BCUT2D eigenvalue weighted by atomic mass is 19.2. The number of ether oxygens (including phenoxy) is 1. The molecule has 0 unspecified atom stereocenters. The molecular formula is C22H23F2NO3. The lowest BCUT2D eigenvalue weighted by Gasteiger charge is -2.34. The highest BCUT2D eigenvalue weighted by Gasteiger charge is 2.40. The number of carbonyl (C=O) groups is 2. The molecule has 1 aromatic rings. The van der Waals surface area contributed by atoms with Crippen LogP contribution in [-0.2, 0) is 14.3 Å². The van der Waals surface area contributed by atoms with Crippen LogP contribution in [0.2, 0.25) is 0 Å². The molecule has 28 heavy (non-hydrogen) atoms. The smallest absolute Gasteiger partial charge is 0.337 e. The number of Topliss-reactive ketones (excluding diaryl/α,β-unsaturated/α-hetero) is 1. The normalized spacial score (nSPS) is 23.0. The first-order valence-corrected chi connectivity index (χ1v) is 9.85. The Morgan fingerprint density at radius 3 is 2.57 bits per heavy atom. The van der Waals surface area contributed by atoms with E-state index in [9.17, 15) is 18.4 Å². The van der Waals surface area contributed by atoms with Gasteiger partial charge in [-0.25, -0.2) is 13.6 Å². The number of nitrogens with one attached hydrogen (secondary N) is 1. The molecule has 1 aromatic carbocycles. The first-order chi connectivity index (χ1) is 13.5. The summed E-state index contributed by atoms with van der Waals surface area (Å²) in [6.07, 6.45) is 5.36. The number of benzene rings is 1. The van der Waals surface area contributed by atoms with Crippen LogP contribution < -0.4 is 5.32 Å². The number of halogens is 2. The maximum atomic E-state index is 14.0. The van der Waals surface area contributed by atoms with Crippen molar-refractivity contribution in [3.63, 3.8) is 0 Å². The Morgan fingerprint density at radius 1 is 1.11 bits per heavy atom. The van der Waals surface area contributed by atoms with Crippen LogP contribution in [0.3, 0.4) is 0 Å². The summed E-state index contributed by atoms with van der Waals surface area (Å²) < 4.78 is 33.2. The van der Waals surface area contributed by atoms with Crippen molar-refractivity contribution in [3.05, 3.63) is 57.9 Å². The summed E-state index contributed by atoms with van der Waals surface area (Å²) in [5.41, 5.74) is 2.54. The molecule has 0 radical (unpaired) electrons. The van der Waals surface area contributed by atoms with Gasteiger partial charge in [-0.2, -0.15) is 0 Å². The van der Waals surface area contributed by atoms with Crippen LogP contribution in [0.4, 0.5) is 8.78 Å². The predicted octanol–water partition coefficient (Wildman–Crippen LogP) is 4.42. The van der Waals surface area contributed by atoms with Gasteiger partial charge in [-0.3, -0.25) is 4.79 Å². The van der Waals surface area contributed by atoms with Gasteiger partial charge in [-0.15, -0.1) is 0 Å². The molecule has 0 saturated heterocycles. The summed E-state index contributed by atoms with van der Waals surface area (Å²) in [4.78, 5) is 25.8. The van der Waals surface area contributed by atoms with E-state index in [1.54, 1.807) is 6.92 Å². The van der Waals surface area contributed by atoms with Gasteiger partial charge >= 0.3 is 5.97 Å². The van der Waals surface area contributed by atoms with Gasteiger partial charge in [0.05, 0.1) is 5.57 Å². The van der Waals surface area contributed by atoms with Gasteiger partial charge in [0.15, 0.2) is 17.4 Å². The third-order valence-corrected chi connectivity index (χ3v) is 5.85. The van der Waals surface area contributed by atoms with Crippen molar-refractivity contribution in [1.82, 2.24) is 5.32 Å². The van der Waals surface area contributed by atoms with Crippen LogP contribution in [-0.4, -0.2) is 17.9 Å². The maximum absolute atomic E-state index is 14.0. The zero-order valence-electron chi connectivity index (χ0n) is 15.8. The second kappa shape index (κ2) is 7.49. The summed E-state index contributed by atoms with van der Waals surface area (Å²) in [5.74, 6) is -3.26. The van der Waals surface area contributed by atoms with Crippen LogP contribution in [0, 0.1) is 11.6 Å². The van der Waals surface area contributed by atoms with Crippen molar-refractivity contribution in [2.45, 2.75) is 63.9 Å². The third-order valence-electron chi connectivity index (χ3n) is 5.85. The van der Waals surface area contributed by atoms with E-state index in [2.05, 4.69) is 5.32 Å². The van der Waals surface area contributed by atoms with E-state index in [-0.39, 0.29) is 11.9 Å². The van der Waals surface area contributed by atoms with E-state index in [1.807, 2.05) is 0 Å². The molecule has 4 rings (SSSR count). The number of hydrogen-bond donors (Lipinski definition) is 1. The van der Waals surface area contributed by atoms with E-state index in [0.29, 0.717) is 35.2 Å². The third kappa shape index (κ3) is 3.36. The Kier molecular flexibility index (Phi) is 5.04. The molecule has 0 spiro atoms. The van der Waals surface area contributed by atoms with Crippen molar-refractivity contribution < 1.29 is 23.1 Å². The van der Waals surface area contributed by atoms with Gasteiger partial charge in [-0.1, -0.05) is 6.07 Å². The van der Waals surface area contributed by atoms with Crippen molar-refractivity contribution in [1.29, 1.82) is 0 Å². The van der Waals surface area contributed by atoms with Crippen LogP contribution in [0.25, 0.3) is 0 Å². The fourth-order valence-electron chi connectivity index (χ4n) is 4.50. The van der Waals surface area contributed by atoms with Crippen LogP contribution in [0.5, 0.6) is 0 Å². The van der Waals surface area contributed by atoms with Crippen molar-refractivity contribution in [2.24, 2.45) is 0 Å². The zero-order valence-corrected chi connectivity index (χ0v) is 15.8. The minimum atomic E-state index is -0.998. The van der Waals surface area contributed by atoms with Gasteiger partial charge in [0.1, 0.15) is 6.10 Å². The Morgan fingerprint density at radius 2 is 1.86 bits per heavy atom. The van der Waals surface area contributed by atoms with E-state index in [4.69, 9.17) is 4.74 Å². The molecule has 6 heteroatoms. The minimum absolute atomic E-state index is 0.0675. The molecule has 1 aliphatic heterocycles. The highest BCUT2D eigenvalue weighted by Crippen LogP contribution is 2.43. The molecule has 1 N–H and O–H groups in total. The molecule has 148 valence electrons. The Hall–Kier alpha value is -2.50. The van der Waals surface area contributed by atoms with Crippen LogP contribution in [0.1, 0.15) is 63.4 Å². The lowest BCUT2D eigenvalue weighted by molar-refractivity contribution is -0.144. The number of rotatable bonds is 3. The van der Waals surface area contributed by atoms with E-state index >= 15 is 0 Å². The lowest BCUT2D eigenvalue weighted by atomic mass is 9.75. The van der Waals surface area contributed by atoms with Crippen molar-refractivity contribution >= 4 is 11.8 Å². The second-order valence-corrected chi connectivity index (χ2v) is 7.75. The number of allylic oxidation sites excluding steroid dienone is 3. The Bertz CT molecular complexity index is 897. The predicted molar refractivity (Wildman–Crippen MR) is 99.2 cm³/mol. The summed E-state index contributed by atoms with van der Waals surface area (Å²) in [6.45, 7) is 1.76. The Balaban J connectivity index is 1.78. The molecule has 0 bridgehead atoms. The first-order valence-electron chi connectivity index (χ1n) is 9.85. The number of hydrogen-bond acceptors (Lipinski definition) is 4. The number of carbonyl (C=O) groups excluding carboxylic acids is 2. The fraction of sp³-hybridized carbons (Fsp3) is 0.455. The topological polar surface area (TPSA) is 55.4 Å². The first kappa shape index (κ1) is 18.8. The number of ketones is 1. The molecular weight excluding hydrogens is 364 g/mol. The molecule has 1 atom stereocenters. The van der Waals surface area contributed by atoms with Gasteiger partial charge < -0.3 is 10.1 Å². The average molecular weight is 387 g/mol. The van der Waals surface area contributed by atoms with E-state index < -0.39 is 23.5 Å². The summed E-state index contributed by atoms with van der Waals surface area (Å²) in [7, 11) is 0. The quantitative estimate of drug-likeness (QED) is 0.780. The summed E-state index contributed by atoms with van der Waals surface area (Å²) in [6, 6.07) is 3.56. The second-order valence-electron chi connectivity index (χ2n) is 7.75. The van der Waals surface area contributed by atoms with Crippen molar-refractivity contribution in [2.75, 3.05) is 0 Å². The molecule has 1 heterocycles. The lowest BCUT2D eigenvalue weighted by Crippen LogP contribution is -2.35. The number of esters is 1. The SMILES string of the molecule is CC1=C(C(=O)OC2CCCC2)[C@H](c2ccc(F)c(F)c2)C2=C(CCCC2=O)N1. The Labute approximate surface area is 162 Å². The standard InChI is InChI=1S/C22H23F2NO3/c1-12-19(22(27)28-14-5-2-3-6-14)20(13-9-10-15(23)16(24)11-13)21-17(25-12)7-4-8-18(21)26/h9-11,14,20,25H,2-8H2,1H3/t20-/m0/s1. The summed E-state index contributed by atoms with van der Waals surface area (Å²) in [5, 5.41) is 3.20. The monoisotopic (exact) mass is 387 g/mol. The maximum Gasteiger partial charge on any atom is 0.337 e. The molecule has 0 amide bonds. The number of dihydropyridines is 1. The molecule has 0 aromatic heterocycles. The average Bonchev–Trinajstić information content (AvgIpc) is 3.16. The molecule has 4 nitrogen and oxygen atoms in total. The fourth-order valence-corrected chi connectivity index (χ4v) is 4.50. The van der Waals surface area contributed by atoms with Gasteiger partial charge in [-0.05, 0) is 63.1 Å². The van der Waals surface area contributed by atoms with Crippen LogP contribution in [0.15, 0.2) is 40.7 Å². The van der Waals surface area contributed by atoms with Crippen molar-refractivity contribution in [3.8, 4) is 0 Å². The van der Waals surface area contributed by atoms with Gasteiger partial charge in [0.2, 0.25) is 0 Å². The highest BCUT2D eigenvalue weighted by molar-refractivity contribution is 6.03. The molecule has 1 saturated carbocycles. The zero-order chi connectivity index (χ0) is 19.8. The molecule has 2 aliphatic carbocycles. The van der Waals surface area contributed by atoms with E-state index in [1.165, 1.54) is 6.07 Å². The molecule has 1 fully saturated rings. The van der Waals surface area contributed by atoms with Gasteiger partial charge in [0.25, 0.3) is 0 Å².